The molecule has 0 radical (unpaired) electrons. The fourth-order valence-corrected chi connectivity index (χ4v) is 4.20. The molecule has 2 N–H and O–H groups in total. The highest BCUT2D eigenvalue weighted by atomic mass is 32.2. The van der Waals surface area contributed by atoms with Crippen molar-refractivity contribution in [1.82, 2.24) is 15.6 Å². The molecule has 8 heteroatoms. The number of benzene rings is 1. The molecule has 1 aromatic carbocycles. The van der Waals surface area contributed by atoms with Gasteiger partial charge in [0.05, 0.1) is 4.90 Å². The Hall–Kier alpha value is -2.74. The monoisotopic (exact) mass is 389 g/mol. The summed E-state index contributed by atoms with van der Waals surface area (Å²) < 4.78 is 26.4. The van der Waals surface area contributed by atoms with Crippen molar-refractivity contribution in [3.63, 3.8) is 0 Å². The lowest BCUT2D eigenvalue weighted by atomic mass is 10.0. The Morgan fingerprint density at radius 2 is 1.70 bits per heavy atom. The number of hydrogen-bond acceptors (Lipinski definition) is 5. The maximum Gasteiger partial charge on any atom is 0.309 e. The van der Waals surface area contributed by atoms with E-state index in [-0.39, 0.29) is 17.4 Å². The third-order valence-corrected chi connectivity index (χ3v) is 6.30. The molecule has 7 nitrogen and oxygen atoms in total. The van der Waals surface area contributed by atoms with Gasteiger partial charge in [0, 0.05) is 26.0 Å². The summed E-state index contributed by atoms with van der Waals surface area (Å²) in [6.07, 6.45) is 2.98. The topological polar surface area (TPSA) is 105 Å². The van der Waals surface area contributed by atoms with E-state index in [0.29, 0.717) is 5.56 Å². The van der Waals surface area contributed by atoms with Crippen molar-refractivity contribution < 1.29 is 18.0 Å². The zero-order chi connectivity index (χ0) is 20.0. The zero-order valence-corrected chi connectivity index (χ0v) is 16.3. The number of pyridine rings is 1. The summed E-state index contributed by atoms with van der Waals surface area (Å²) in [5.41, 5.74) is 1.46. The minimum atomic E-state index is -3.81. The number of aromatic nitrogens is 1. The molecule has 2 aromatic rings. The highest BCUT2D eigenvalue weighted by Crippen LogP contribution is 2.29. The van der Waals surface area contributed by atoms with E-state index in [1.807, 2.05) is 13.8 Å². The summed E-state index contributed by atoms with van der Waals surface area (Å²) >= 11 is 0. The Morgan fingerprint density at radius 3 is 2.22 bits per heavy atom. The van der Waals surface area contributed by atoms with E-state index in [9.17, 15) is 18.0 Å². The molecule has 0 spiro atoms. The predicted molar refractivity (Wildman–Crippen MR) is 102 cm³/mol. The fraction of sp³-hybridized carbons (Fsp3) is 0.316. The second kappa shape index (κ2) is 8.77. The van der Waals surface area contributed by atoms with Gasteiger partial charge in [-0.05, 0) is 35.2 Å². The fourth-order valence-electron chi connectivity index (χ4n) is 2.56. The Morgan fingerprint density at radius 1 is 1.04 bits per heavy atom. The van der Waals surface area contributed by atoms with Gasteiger partial charge in [-0.1, -0.05) is 32.0 Å². The van der Waals surface area contributed by atoms with Gasteiger partial charge in [0.2, 0.25) is 0 Å². The Bertz CT molecular complexity index is 894. The van der Waals surface area contributed by atoms with Crippen LogP contribution in [0.4, 0.5) is 0 Å². The van der Waals surface area contributed by atoms with Crippen molar-refractivity contribution in [1.29, 1.82) is 0 Å². The van der Waals surface area contributed by atoms with Crippen LogP contribution in [0, 0.1) is 0 Å². The molecular weight excluding hydrogens is 366 g/mol. The first kappa shape index (κ1) is 20.6. The van der Waals surface area contributed by atoms with E-state index < -0.39 is 26.9 Å². The van der Waals surface area contributed by atoms with Gasteiger partial charge in [0.25, 0.3) is 0 Å². The van der Waals surface area contributed by atoms with Crippen molar-refractivity contribution in [2.45, 2.75) is 29.9 Å². The molecule has 0 unspecified atom stereocenters. The van der Waals surface area contributed by atoms with Crippen molar-refractivity contribution in [3.8, 4) is 0 Å². The van der Waals surface area contributed by atoms with Gasteiger partial charge in [0.15, 0.2) is 9.84 Å². The first-order valence-electron chi connectivity index (χ1n) is 8.51. The number of likely N-dealkylation sites (N-methyl/N-ethyl adjacent to an activating group) is 1. The van der Waals surface area contributed by atoms with E-state index in [4.69, 9.17) is 0 Å². The summed E-state index contributed by atoms with van der Waals surface area (Å²) in [4.78, 5) is 27.3. The highest BCUT2D eigenvalue weighted by Gasteiger charge is 2.30. The average molecular weight is 389 g/mol. The van der Waals surface area contributed by atoms with Crippen LogP contribution in [0.5, 0.6) is 0 Å². The normalized spacial score (nSPS) is 12.4. The summed E-state index contributed by atoms with van der Waals surface area (Å²) in [5, 5.41) is 3.52. The smallest absolute Gasteiger partial charge is 0.309 e. The van der Waals surface area contributed by atoms with Crippen LogP contribution in [-0.2, 0) is 19.4 Å². The predicted octanol–water partition coefficient (Wildman–Crippen LogP) is 1.58. The van der Waals surface area contributed by atoms with E-state index >= 15 is 0 Å². The lowest BCUT2D eigenvalue weighted by Crippen LogP contribution is -2.41. The van der Waals surface area contributed by atoms with Crippen LogP contribution in [0.25, 0.3) is 0 Å². The van der Waals surface area contributed by atoms with Crippen LogP contribution >= 0.6 is 0 Å². The molecule has 1 atom stereocenters. The first-order chi connectivity index (χ1) is 12.8. The zero-order valence-electron chi connectivity index (χ0n) is 15.5. The number of carbonyl (C=O) groups is 2. The molecule has 144 valence electrons. The second-order valence-electron chi connectivity index (χ2n) is 6.33. The minimum absolute atomic E-state index is 0.148. The summed E-state index contributed by atoms with van der Waals surface area (Å²) in [5.74, 6) is -1.45. The van der Waals surface area contributed by atoms with E-state index in [1.165, 1.54) is 19.4 Å². The summed E-state index contributed by atoms with van der Waals surface area (Å²) in [6.45, 7) is 3.80. The molecule has 2 amide bonds. The van der Waals surface area contributed by atoms with Crippen LogP contribution in [-0.4, -0.2) is 38.8 Å². The van der Waals surface area contributed by atoms with Crippen molar-refractivity contribution in [3.05, 3.63) is 59.9 Å². The molecule has 0 saturated heterocycles. The molecule has 0 aliphatic heterocycles. The Labute approximate surface area is 159 Å². The van der Waals surface area contributed by atoms with Crippen LogP contribution in [0.3, 0.4) is 0 Å². The molecule has 0 bridgehead atoms. The number of nitrogens with one attached hydrogen (secondary N) is 2. The lowest BCUT2D eigenvalue weighted by molar-refractivity contribution is -0.138. The van der Waals surface area contributed by atoms with Crippen LogP contribution < -0.4 is 10.6 Å². The number of sulfone groups is 1. The van der Waals surface area contributed by atoms with Gasteiger partial charge >= 0.3 is 11.8 Å². The van der Waals surface area contributed by atoms with E-state index in [2.05, 4.69) is 15.6 Å². The molecule has 0 aliphatic carbocycles. The standard InChI is InChI=1S/C19H23N3O4S/c1-13(2)14-6-8-16(9-7-14)27(25,26)17(15-5-4-10-21-11-15)12-22-19(24)18(23)20-3/h4-11,13,17H,12H2,1-3H3,(H,20,23)(H,22,24)/t17-/m1/s1. The number of nitrogens with zero attached hydrogens (tertiary/aromatic N) is 1. The van der Waals surface area contributed by atoms with E-state index in [0.717, 1.165) is 5.56 Å². The largest absolute Gasteiger partial charge is 0.351 e. The molecule has 2 rings (SSSR count). The maximum absolute atomic E-state index is 13.2. The van der Waals surface area contributed by atoms with Gasteiger partial charge in [-0.25, -0.2) is 8.42 Å². The average Bonchev–Trinajstić information content (AvgIpc) is 2.68. The number of amides is 2. The first-order valence-corrected chi connectivity index (χ1v) is 10.1. The van der Waals surface area contributed by atoms with Gasteiger partial charge < -0.3 is 10.6 Å². The summed E-state index contributed by atoms with van der Waals surface area (Å²) in [6, 6.07) is 9.94. The lowest BCUT2D eigenvalue weighted by Gasteiger charge is -2.19. The van der Waals surface area contributed by atoms with Crippen LogP contribution in [0.1, 0.15) is 36.1 Å². The quantitative estimate of drug-likeness (QED) is 0.730. The molecule has 0 saturated carbocycles. The molecule has 1 heterocycles. The molecule has 0 fully saturated rings. The van der Waals surface area contributed by atoms with Crippen molar-refractivity contribution in [2.75, 3.05) is 13.6 Å². The number of carbonyl (C=O) groups excluding carboxylic acids is 2. The van der Waals surface area contributed by atoms with E-state index in [1.54, 1.807) is 36.4 Å². The molecule has 1 aromatic heterocycles. The molecular formula is C19H23N3O4S. The summed E-state index contributed by atoms with van der Waals surface area (Å²) in [7, 11) is -2.48. The van der Waals surface area contributed by atoms with Crippen LogP contribution in [0.2, 0.25) is 0 Å². The van der Waals surface area contributed by atoms with Crippen molar-refractivity contribution in [2.24, 2.45) is 0 Å². The highest BCUT2D eigenvalue weighted by molar-refractivity contribution is 7.91. The maximum atomic E-state index is 13.2. The Balaban J connectivity index is 2.36. The third-order valence-electron chi connectivity index (χ3n) is 4.19. The minimum Gasteiger partial charge on any atom is -0.351 e. The van der Waals surface area contributed by atoms with Gasteiger partial charge in [0.1, 0.15) is 5.25 Å². The third kappa shape index (κ3) is 4.91. The molecule has 27 heavy (non-hydrogen) atoms. The SMILES string of the molecule is CNC(=O)C(=O)NC[C@H](c1cccnc1)S(=O)(=O)c1ccc(C(C)C)cc1. The number of hydrogen-bond donors (Lipinski definition) is 2. The Kier molecular flexibility index (Phi) is 6.68. The number of rotatable bonds is 6. The second-order valence-corrected chi connectivity index (χ2v) is 8.46. The molecule has 0 aliphatic rings. The van der Waals surface area contributed by atoms with Gasteiger partial charge in [-0.2, -0.15) is 0 Å². The van der Waals surface area contributed by atoms with Gasteiger partial charge in [-0.3, -0.25) is 14.6 Å². The van der Waals surface area contributed by atoms with Gasteiger partial charge in [-0.15, -0.1) is 0 Å². The van der Waals surface area contributed by atoms with Crippen molar-refractivity contribution >= 4 is 21.7 Å². The van der Waals surface area contributed by atoms with Crippen LogP contribution in [0.15, 0.2) is 53.7 Å².